The average Bonchev–Trinajstić information content (AvgIpc) is 3.27. The van der Waals surface area contributed by atoms with Crippen molar-refractivity contribution in [2.75, 3.05) is 25.0 Å². The van der Waals surface area contributed by atoms with Gasteiger partial charge in [0.1, 0.15) is 18.4 Å². The van der Waals surface area contributed by atoms with Crippen LogP contribution in [0.2, 0.25) is 0 Å². The molecule has 0 spiro atoms. The second-order valence-electron chi connectivity index (χ2n) is 8.67. The van der Waals surface area contributed by atoms with Crippen LogP contribution in [0, 0.1) is 11.0 Å². The fourth-order valence-corrected chi connectivity index (χ4v) is 4.42. The summed E-state index contributed by atoms with van der Waals surface area (Å²) >= 11 is 0. The Morgan fingerprint density at radius 1 is 1.15 bits per heavy atom. The summed E-state index contributed by atoms with van der Waals surface area (Å²) in [5.41, 5.74) is 4.43. The smallest absolute Gasteiger partial charge is 0.230 e. The van der Waals surface area contributed by atoms with Gasteiger partial charge in [0.2, 0.25) is 11.8 Å². The molecule has 0 atom stereocenters. The number of benzene rings is 2. The van der Waals surface area contributed by atoms with Gasteiger partial charge in [-0.1, -0.05) is 13.0 Å². The van der Waals surface area contributed by atoms with Gasteiger partial charge in [-0.3, -0.25) is 0 Å². The van der Waals surface area contributed by atoms with Crippen LogP contribution < -0.4 is 4.90 Å². The van der Waals surface area contributed by atoms with Crippen molar-refractivity contribution < 1.29 is 13.5 Å². The minimum absolute atomic E-state index is 0.231. The number of aryl methyl sites for hydroxylation is 1. The van der Waals surface area contributed by atoms with E-state index in [0.29, 0.717) is 27.3 Å². The van der Waals surface area contributed by atoms with Crippen LogP contribution in [0.15, 0.2) is 53.2 Å². The maximum absolute atomic E-state index is 14.6. The molecule has 8 heteroatoms. The molecular formula is C26H26FN5O2. The summed E-state index contributed by atoms with van der Waals surface area (Å²) in [5.74, 6) is 0.948. The van der Waals surface area contributed by atoms with Gasteiger partial charge in [-0.05, 0) is 66.6 Å². The number of rotatable bonds is 5. The zero-order chi connectivity index (χ0) is 23.7. The highest BCUT2D eigenvalue weighted by atomic mass is 19.1. The Morgan fingerprint density at radius 3 is 2.59 bits per heavy atom. The van der Waals surface area contributed by atoms with E-state index in [1.54, 1.807) is 12.1 Å². The molecule has 1 fully saturated rings. The Labute approximate surface area is 197 Å². The summed E-state index contributed by atoms with van der Waals surface area (Å²) < 4.78 is 21.1. The van der Waals surface area contributed by atoms with E-state index in [4.69, 9.17) is 4.42 Å². The molecule has 2 aromatic heterocycles. The monoisotopic (exact) mass is 459 g/mol. The van der Waals surface area contributed by atoms with E-state index in [1.165, 1.54) is 24.9 Å². The van der Waals surface area contributed by atoms with Gasteiger partial charge in [-0.25, -0.2) is 24.1 Å². The van der Waals surface area contributed by atoms with Crippen LogP contribution in [0.1, 0.15) is 42.4 Å². The molecule has 1 saturated heterocycles. The molecule has 7 nitrogen and oxygen atoms in total. The Kier molecular flexibility index (Phi) is 5.96. The summed E-state index contributed by atoms with van der Waals surface area (Å²) in [5, 5.41) is 11.2. The van der Waals surface area contributed by atoms with Gasteiger partial charge >= 0.3 is 0 Å². The van der Waals surface area contributed by atoms with Crippen molar-refractivity contribution in [2.24, 2.45) is 0 Å². The molecule has 0 radical (unpaired) electrons. The van der Waals surface area contributed by atoms with Gasteiger partial charge in [0.05, 0.1) is 5.56 Å². The Morgan fingerprint density at radius 2 is 1.91 bits per heavy atom. The van der Waals surface area contributed by atoms with Gasteiger partial charge in [0.15, 0.2) is 11.8 Å². The number of piperidine rings is 1. The van der Waals surface area contributed by atoms with Crippen LogP contribution >= 0.6 is 0 Å². The largest absolute Gasteiger partial charge is 0.624 e. The van der Waals surface area contributed by atoms with Crippen LogP contribution in [0.4, 0.5) is 10.3 Å². The molecule has 0 aliphatic carbocycles. The minimum atomic E-state index is -0.482. The fourth-order valence-electron chi connectivity index (χ4n) is 4.42. The van der Waals surface area contributed by atoms with E-state index in [2.05, 4.69) is 32.8 Å². The van der Waals surface area contributed by atoms with Crippen LogP contribution in [-0.4, -0.2) is 46.0 Å². The van der Waals surface area contributed by atoms with E-state index in [-0.39, 0.29) is 11.5 Å². The zero-order valence-electron chi connectivity index (χ0n) is 19.2. The lowest BCUT2D eigenvalue weighted by Gasteiger charge is -2.32. The second-order valence-corrected chi connectivity index (χ2v) is 8.67. The van der Waals surface area contributed by atoms with E-state index in [0.717, 1.165) is 43.9 Å². The first kappa shape index (κ1) is 22.0. The predicted octanol–water partition coefficient (Wildman–Crippen LogP) is 4.93. The number of halogens is 1. The number of hydrogen-bond acceptors (Lipinski definition) is 6. The predicted molar refractivity (Wildman–Crippen MR) is 130 cm³/mol. The first-order chi connectivity index (χ1) is 16.5. The molecule has 0 unspecified atom stereocenters. The summed E-state index contributed by atoms with van der Waals surface area (Å²) in [4.78, 5) is 15.8. The zero-order valence-corrected chi connectivity index (χ0v) is 19.2. The molecular weight excluding hydrogens is 433 g/mol. The number of nitrogens with zero attached hydrogens (tertiary/aromatic N) is 5. The average molecular weight is 460 g/mol. The molecule has 1 aliphatic rings. The maximum Gasteiger partial charge on any atom is 0.230 e. The van der Waals surface area contributed by atoms with Crippen molar-refractivity contribution in [1.82, 2.24) is 15.0 Å². The number of fused-ring (bicyclic) bond motifs is 1. The molecule has 174 valence electrons. The lowest BCUT2D eigenvalue weighted by molar-refractivity contribution is -0.416. The second kappa shape index (κ2) is 9.21. The van der Waals surface area contributed by atoms with Gasteiger partial charge in [-0.2, -0.15) is 0 Å². The van der Waals surface area contributed by atoms with Crippen molar-refractivity contribution in [1.29, 1.82) is 0 Å². The lowest BCUT2D eigenvalue weighted by atomic mass is 9.89. The SMILES string of the molecule is CCc1cnc(N2CCC(c3ccc4oc(-c5ccc(/C=[N+](/C)[O-])cc5F)nc4c3)CC2)nc1. The number of oxazole rings is 1. The van der Waals surface area contributed by atoms with Crippen molar-refractivity contribution in [3.63, 3.8) is 0 Å². The lowest BCUT2D eigenvalue weighted by Crippen LogP contribution is -2.34. The first-order valence-corrected chi connectivity index (χ1v) is 11.5. The Hall–Kier alpha value is -3.81. The molecule has 34 heavy (non-hydrogen) atoms. The molecule has 2 aromatic carbocycles. The summed E-state index contributed by atoms with van der Waals surface area (Å²) in [6, 6.07) is 10.6. The van der Waals surface area contributed by atoms with E-state index in [1.807, 2.05) is 24.5 Å². The van der Waals surface area contributed by atoms with Gasteiger partial charge in [-0.15, -0.1) is 0 Å². The molecule has 5 rings (SSSR count). The minimum Gasteiger partial charge on any atom is -0.624 e. The van der Waals surface area contributed by atoms with Crippen molar-refractivity contribution >= 4 is 23.3 Å². The van der Waals surface area contributed by atoms with Crippen molar-refractivity contribution in [3.05, 3.63) is 76.5 Å². The normalized spacial score (nSPS) is 15.3. The third-order valence-electron chi connectivity index (χ3n) is 6.32. The van der Waals surface area contributed by atoms with Gasteiger partial charge in [0.25, 0.3) is 0 Å². The van der Waals surface area contributed by atoms with Gasteiger partial charge in [0, 0.05) is 31.0 Å². The standard InChI is InChI=1S/C26H26FN5O2/c1-3-17-14-28-26(29-15-17)32-10-8-19(9-11-32)20-5-7-24-23(13-20)30-25(34-24)21-6-4-18(12-22(21)27)16-31(2)33/h4-7,12-16,19H,3,8-11H2,1-2H3/b31-16-. The van der Waals surface area contributed by atoms with E-state index < -0.39 is 5.82 Å². The molecule has 0 bridgehead atoms. The molecule has 0 amide bonds. The topological polar surface area (TPSA) is 81.1 Å². The highest BCUT2D eigenvalue weighted by molar-refractivity contribution is 5.79. The molecule has 1 aliphatic heterocycles. The van der Waals surface area contributed by atoms with Crippen molar-refractivity contribution in [2.45, 2.75) is 32.1 Å². The van der Waals surface area contributed by atoms with E-state index >= 15 is 0 Å². The van der Waals surface area contributed by atoms with Crippen LogP contribution in [0.3, 0.4) is 0 Å². The quantitative estimate of drug-likeness (QED) is 0.182. The molecule has 4 aromatic rings. The van der Waals surface area contributed by atoms with Gasteiger partial charge < -0.3 is 14.5 Å². The Balaban J connectivity index is 1.32. The van der Waals surface area contributed by atoms with Crippen LogP contribution in [0.5, 0.6) is 0 Å². The third kappa shape index (κ3) is 4.48. The maximum atomic E-state index is 14.6. The van der Waals surface area contributed by atoms with Crippen LogP contribution in [0.25, 0.3) is 22.6 Å². The van der Waals surface area contributed by atoms with Crippen molar-refractivity contribution in [3.8, 4) is 11.5 Å². The third-order valence-corrected chi connectivity index (χ3v) is 6.32. The number of aromatic nitrogens is 3. The first-order valence-electron chi connectivity index (χ1n) is 11.5. The highest BCUT2D eigenvalue weighted by Crippen LogP contribution is 2.33. The molecule has 0 saturated carbocycles. The van der Waals surface area contributed by atoms with Crippen LogP contribution in [-0.2, 0) is 6.42 Å². The highest BCUT2D eigenvalue weighted by Gasteiger charge is 2.23. The summed E-state index contributed by atoms with van der Waals surface area (Å²) in [6.45, 7) is 3.89. The summed E-state index contributed by atoms with van der Waals surface area (Å²) in [7, 11) is 1.35. The molecule has 0 N–H and O–H groups in total. The number of hydrogen-bond donors (Lipinski definition) is 0. The number of anilines is 1. The molecule has 3 heterocycles. The number of hydroxylamine groups is 1. The summed E-state index contributed by atoms with van der Waals surface area (Å²) in [6.07, 6.45) is 8.04. The Bertz CT molecular complexity index is 1340. The fraction of sp³-hybridized carbons (Fsp3) is 0.308. The van der Waals surface area contributed by atoms with E-state index in [9.17, 15) is 9.60 Å².